The third-order valence-electron chi connectivity index (χ3n) is 3.85. The molecule has 0 unspecified atom stereocenters. The second-order valence-corrected chi connectivity index (χ2v) is 7.80. The van der Waals surface area contributed by atoms with Gasteiger partial charge in [0.05, 0.1) is 11.7 Å². The summed E-state index contributed by atoms with van der Waals surface area (Å²) in [7, 11) is 1.82. The normalized spacial score (nSPS) is 11.9. The van der Waals surface area contributed by atoms with Crippen LogP contribution in [0.25, 0.3) is 11.0 Å². The van der Waals surface area contributed by atoms with Crippen LogP contribution in [0.15, 0.2) is 33.7 Å². The third-order valence-corrected chi connectivity index (χ3v) is 4.58. The highest BCUT2D eigenvalue weighted by molar-refractivity contribution is 9.10. The Morgan fingerprint density at radius 1 is 1.36 bits per heavy atom. The number of nitrogens with one attached hydrogen (secondary N) is 1. The summed E-state index contributed by atoms with van der Waals surface area (Å²) < 4.78 is 15.7. The molecule has 2 aromatic heterocycles. The molecule has 6 nitrogen and oxygen atoms in total. The molecule has 0 spiro atoms. The second kappa shape index (κ2) is 6.25. The Kier molecular flexibility index (Phi) is 4.40. The first kappa shape index (κ1) is 17.6. The zero-order valence-electron chi connectivity index (χ0n) is 14.5. The average Bonchev–Trinajstić information content (AvgIpc) is 2.94. The van der Waals surface area contributed by atoms with Gasteiger partial charge in [-0.25, -0.2) is 9.07 Å². The highest BCUT2D eigenvalue weighted by atomic mass is 79.9. The predicted molar refractivity (Wildman–Crippen MR) is 99.4 cm³/mol. The fourth-order valence-electron chi connectivity index (χ4n) is 2.56. The van der Waals surface area contributed by atoms with Gasteiger partial charge in [-0.15, -0.1) is 0 Å². The topological polar surface area (TPSA) is 66.8 Å². The molecule has 0 saturated heterocycles. The number of nitrogens with zero attached hydrogens (tertiary/aromatic N) is 4. The fraction of sp³-hybridized carbons (Fsp3) is 0.353. The lowest BCUT2D eigenvalue weighted by molar-refractivity contribution is 0.366. The third kappa shape index (κ3) is 3.44. The molecule has 3 rings (SSSR count). The van der Waals surface area contributed by atoms with Crippen LogP contribution in [0, 0.1) is 5.82 Å². The van der Waals surface area contributed by atoms with Crippen molar-refractivity contribution in [1.29, 1.82) is 0 Å². The zero-order chi connectivity index (χ0) is 18.4. The molecule has 0 radical (unpaired) electrons. The molecule has 0 aliphatic heterocycles. The van der Waals surface area contributed by atoms with Crippen LogP contribution in [-0.2, 0) is 12.1 Å². The van der Waals surface area contributed by atoms with Crippen LogP contribution in [0.4, 0.5) is 10.3 Å². The molecular formula is C17H19BrFN5O. The van der Waals surface area contributed by atoms with E-state index in [9.17, 15) is 9.18 Å². The molecule has 1 aromatic carbocycles. The van der Waals surface area contributed by atoms with Crippen molar-refractivity contribution in [2.45, 2.75) is 32.9 Å². The maximum atomic E-state index is 13.2. The van der Waals surface area contributed by atoms with E-state index >= 15 is 0 Å². The maximum Gasteiger partial charge on any atom is 0.263 e. The number of halogens is 2. The number of aromatic amines is 1. The monoisotopic (exact) mass is 407 g/mol. The van der Waals surface area contributed by atoms with E-state index in [1.807, 2.05) is 27.8 Å². The van der Waals surface area contributed by atoms with Gasteiger partial charge < -0.3 is 4.90 Å². The number of H-pyrrole nitrogens is 1. The molecule has 0 amide bonds. The Hall–Kier alpha value is -2.22. The number of fused-ring (bicyclic) bond motifs is 1. The summed E-state index contributed by atoms with van der Waals surface area (Å²) in [6.07, 6.45) is 1.53. The van der Waals surface area contributed by atoms with Gasteiger partial charge in [-0.1, -0.05) is 22.0 Å². The van der Waals surface area contributed by atoms with E-state index in [1.165, 1.54) is 18.3 Å². The maximum absolute atomic E-state index is 13.2. The van der Waals surface area contributed by atoms with Crippen LogP contribution < -0.4 is 10.5 Å². The Morgan fingerprint density at radius 2 is 2.08 bits per heavy atom. The van der Waals surface area contributed by atoms with Crippen LogP contribution in [0.1, 0.15) is 26.3 Å². The number of hydrogen-bond acceptors (Lipinski definition) is 4. The van der Waals surface area contributed by atoms with Gasteiger partial charge in [0.25, 0.3) is 5.56 Å². The minimum Gasteiger partial charge on any atom is -0.341 e. The van der Waals surface area contributed by atoms with Gasteiger partial charge >= 0.3 is 0 Å². The van der Waals surface area contributed by atoms with Gasteiger partial charge in [0, 0.05) is 18.1 Å². The van der Waals surface area contributed by atoms with E-state index in [-0.39, 0.29) is 16.9 Å². The van der Waals surface area contributed by atoms with Crippen molar-refractivity contribution in [2.75, 3.05) is 11.9 Å². The Labute approximate surface area is 152 Å². The van der Waals surface area contributed by atoms with E-state index in [4.69, 9.17) is 0 Å². The number of rotatable bonds is 3. The second-order valence-electron chi connectivity index (χ2n) is 6.95. The van der Waals surface area contributed by atoms with Crippen molar-refractivity contribution in [2.24, 2.45) is 0 Å². The van der Waals surface area contributed by atoms with Gasteiger partial charge in [-0.2, -0.15) is 10.1 Å². The van der Waals surface area contributed by atoms with Crippen LogP contribution in [0.3, 0.4) is 0 Å². The quantitative estimate of drug-likeness (QED) is 0.722. The summed E-state index contributed by atoms with van der Waals surface area (Å²) >= 11 is 3.36. The molecule has 0 bridgehead atoms. The lowest BCUT2D eigenvalue weighted by atomic mass is 10.1. The highest BCUT2D eigenvalue weighted by Crippen LogP contribution is 2.22. The van der Waals surface area contributed by atoms with E-state index in [0.29, 0.717) is 28.0 Å². The summed E-state index contributed by atoms with van der Waals surface area (Å²) in [5.41, 5.74) is 0.894. The number of anilines is 1. The summed E-state index contributed by atoms with van der Waals surface area (Å²) in [6, 6.07) is 4.52. The van der Waals surface area contributed by atoms with Gasteiger partial charge in [-0.05, 0) is 38.5 Å². The van der Waals surface area contributed by atoms with Crippen LogP contribution in [0.2, 0.25) is 0 Å². The summed E-state index contributed by atoms with van der Waals surface area (Å²) in [5, 5.41) is 4.76. The largest absolute Gasteiger partial charge is 0.341 e. The van der Waals surface area contributed by atoms with E-state index in [1.54, 1.807) is 15.6 Å². The molecule has 0 atom stereocenters. The van der Waals surface area contributed by atoms with Gasteiger partial charge in [0.15, 0.2) is 5.65 Å². The molecule has 0 aliphatic rings. The van der Waals surface area contributed by atoms with Crippen molar-refractivity contribution in [3.63, 3.8) is 0 Å². The van der Waals surface area contributed by atoms with Crippen LogP contribution in [0.5, 0.6) is 0 Å². The van der Waals surface area contributed by atoms with E-state index < -0.39 is 0 Å². The van der Waals surface area contributed by atoms with E-state index in [2.05, 4.69) is 31.0 Å². The number of aromatic nitrogens is 4. The molecule has 0 aliphatic carbocycles. The van der Waals surface area contributed by atoms with Gasteiger partial charge in [0.1, 0.15) is 11.2 Å². The molecule has 1 N–H and O–H groups in total. The van der Waals surface area contributed by atoms with Crippen LogP contribution >= 0.6 is 15.9 Å². The van der Waals surface area contributed by atoms with Crippen molar-refractivity contribution in [3.05, 3.63) is 50.6 Å². The van der Waals surface area contributed by atoms with Gasteiger partial charge in [0.2, 0.25) is 5.95 Å². The molecule has 2 heterocycles. The van der Waals surface area contributed by atoms with Crippen molar-refractivity contribution >= 4 is 32.9 Å². The standard InChI is InChI=1S/C17H19BrFN5O/c1-17(2,3)24-14-12(8-20-24)15(25)22-16(21-14)23(4)9-10-5-6-11(19)7-13(10)18/h5-8H,9H2,1-4H3,(H,21,22,25). The zero-order valence-corrected chi connectivity index (χ0v) is 16.1. The van der Waals surface area contributed by atoms with Crippen molar-refractivity contribution in [1.82, 2.24) is 19.7 Å². The molecular weight excluding hydrogens is 389 g/mol. The van der Waals surface area contributed by atoms with Gasteiger partial charge in [-0.3, -0.25) is 9.78 Å². The highest BCUT2D eigenvalue weighted by Gasteiger charge is 2.20. The Bertz CT molecular complexity index is 989. The summed E-state index contributed by atoms with van der Waals surface area (Å²) in [4.78, 5) is 21.5. The fourth-order valence-corrected chi connectivity index (χ4v) is 3.04. The van der Waals surface area contributed by atoms with Crippen molar-refractivity contribution < 1.29 is 4.39 Å². The molecule has 3 aromatic rings. The van der Waals surface area contributed by atoms with E-state index in [0.717, 1.165) is 5.56 Å². The predicted octanol–water partition coefficient (Wildman–Crippen LogP) is 3.41. The molecule has 0 fully saturated rings. The Balaban J connectivity index is 2.01. The minimum absolute atomic E-state index is 0.236. The number of hydrogen-bond donors (Lipinski definition) is 1. The first-order valence-corrected chi connectivity index (χ1v) is 8.60. The SMILES string of the molecule is CN(Cc1ccc(F)cc1Br)c1nc2c(cnn2C(C)(C)C)c(=O)[nH]1. The molecule has 0 saturated carbocycles. The first-order valence-electron chi connectivity index (χ1n) is 7.80. The lowest BCUT2D eigenvalue weighted by Gasteiger charge is -2.21. The Morgan fingerprint density at radius 3 is 2.72 bits per heavy atom. The molecule has 25 heavy (non-hydrogen) atoms. The molecule has 132 valence electrons. The summed E-state index contributed by atoms with van der Waals surface area (Å²) in [6.45, 7) is 6.46. The average molecular weight is 408 g/mol. The lowest BCUT2D eigenvalue weighted by Crippen LogP contribution is -2.26. The smallest absolute Gasteiger partial charge is 0.263 e. The van der Waals surface area contributed by atoms with Crippen LogP contribution in [-0.4, -0.2) is 26.8 Å². The molecule has 8 heteroatoms. The summed E-state index contributed by atoms with van der Waals surface area (Å²) in [5.74, 6) is 0.125. The van der Waals surface area contributed by atoms with Crippen molar-refractivity contribution in [3.8, 4) is 0 Å². The minimum atomic E-state index is -0.305. The number of benzene rings is 1. The first-order chi connectivity index (χ1) is 11.7.